The molecule has 1 N–H and O–H groups in total. The number of rotatable bonds is 8. The second-order valence-corrected chi connectivity index (χ2v) is 6.36. The third-order valence-electron chi connectivity index (χ3n) is 4.07. The van der Waals surface area contributed by atoms with Crippen LogP contribution in [0, 0.1) is 5.82 Å². The monoisotopic (exact) mass is 393 g/mol. The van der Waals surface area contributed by atoms with Gasteiger partial charge in [-0.3, -0.25) is 9.59 Å². The molecule has 0 bridgehead atoms. The summed E-state index contributed by atoms with van der Waals surface area (Å²) in [6.45, 7) is 1.61. The molecule has 0 fully saturated rings. The number of ketones is 1. The highest BCUT2D eigenvalue weighted by Gasteiger charge is 2.06. The third-order valence-corrected chi connectivity index (χ3v) is 4.07. The first-order chi connectivity index (χ1) is 14.0. The van der Waals surface area contributed by atoms with E-state index in [0.29, 0.717) is 22.7 Å². The molecular weight excluding hydrogens is 373 g/mol. The summed E-state index contributed by atoms with van der Waals surface area (Å²) < 4.78 is 24.1. The molecule has 0 saturated carbocycles. The maximum absolute atomic E-state index is 12.9. The lowest BCUT2D eigenvalue weighted by atomic mass is 10.1. The largest absolute Gasteiger partial charge is 0.489 e. The van der Waals surface area contributed by atoms with Crippen molar-refractivity contribution in [2.75, 3.05) is 11.9 Å². The number of benzene rings is 3. The Morgan fingerprint density at radius 2 is 1.62 bits per heavy atom. The Balaban J connectivity index is 1.50. The Morgan fingerprint density at radius 1 is 0.897 bits per heavy atom. The minimum Gasteiger partial charge on any atom is -0.489 e. The third kappa shape index (κ3) is 6.17. The van der Waals surface area contributed by atoms with Gasteiger partial charge in [0.1, 0.15) is 23.9 Å². The summed E-state index contributed by atoms with van der Waals surface area (Å²) in [5, 5.41) is 2.74. The van der Waals surface area contributed by atoms with Crippen molar-refractivity contribution in [2.24, 2.45) is 0 Å². The van der Waals surface area contributed by atoms with Crippen molar-refractivity contribution in [3.8, 4) is 11.5 Å². The van der Waals surface area contributed by atoms with Gasteiger partial charge in [-0.05, 0) is 61.0 Å². The summed E-state index contributed by atoms with van der Waals surface area (Å²) in [5.74, 6) is 0.428. The fraction of sp³-hybridized carbons (Fsp3) is 0.130. The first-order valence-electron chi connectivity index (χ1n) is 9.00. The zero-order chi connectivity index (χ0) is 20.6. The number of carbonyl (C=O) groups is 2. The molecule has 29 heavy (non-hydrogen) atoms. The van der Waals surface area contributed by atoms with Crippen LogP contribution in [0.15, 0.2) is 72.8 Å². The average molecular weight is 393 g/mol. The molecular formula is C23H20FNO4. The highest BCUT2D eigenvalue weighted by molar-refractivity contribution is 5.94. The van der Waals surface area contributed by atoms with Gasteiger partial charge in [-0.25, -0.2) is 4.39 Å². The van der Waals surface area contributed by atoms with Crippen LogP contribution in [0.5, 0.6) is 11.5 Å². The molecule has 0 atom stereocenters. The van der Waals surface area contributed by atoms with Crippen LogP contribution in [0.25, 0.3) is 0 Å². The molecule has 3 aromatic rings. The van der Waals surface area contributed by atoms with Gasteiger partial charge >= 0.3 is 0 Å². The van der Waals surface area contributed by atoms with Crippen LogP contribution >= 0.6 is 0 Å². The Labute approximate surface area is 168 Å². The summed E-state index contributed by atoms with van der Waals surface area (Å²) in [5.41, 5.74) is 1.99. The number of halogens is 1. The predicted octanol–water partition coefficient (Wildman–Crippen LogP) is 4.62. The highest BCUT2D eigenvalue weighted by atomic mass is 19.1. The van der Waals surface area contributed by atoms with Gasteiger partial charge < -0.3 is 14.8 Å². The zero-order valence-electron chi connectivity index (χ0n) is 15.9. The molecule has 1 amide bonds. The van der Waals surface area contributed by atoms with E-state index in [4.69, 9.17) is 9.47 Å². The minimum atomic E-state index is -0.323. The molecule has 0 aliphatic heterocycles. The second kappa shape index (κ2) is 9.50. The van der Waals surface area contributed by atoms with Crippen molar-refractivity contribution in [3.05, 3.63) is 89.7 Å². The lowest BCUT2D eigenvalue weighted by molar-refractivity contribution is -0.118. The summed E-state index contributed by atoms with van der Waals surface area (Å²) in [6, 6.07) is 19.6. The van der Waals surface area contributed by atoms with Crippen molar-refractivity contribution < 1.29 is 23.5 Å². The lowest BCUT2D eigenvalue weighted by Gasteiger charge is -2.10. The molecule has 6 heteroatoms. The van der Waals surface area contributed by atoms with Gasteiger partial charge in [0.25, 0.3) is 5.91 Å². The Hall–Kier alpha value is -3.67. The molecule has 148 valence electrons. The summed E-state index contributed by atoms with van der Waals surface area (Å²) in [6.07, 6.45) is 0. The van der Waals surface area contributed by atoms with Crippen LogP contribution < -0.4 is 14.8 Å². The number of anilines is 1. The SMILES string of the molecule is CC(=O)c1ccc(OCC(=O)Nc2cccc(OCc3ccc(F)cc3)c2)cc1. The van der Waals surface area contributed by atoms with E-state index in [0.717, 1.165) is 5.56 Å². The molecule has 0 radical (unpaired) electrons. The van der Waals surface area contributed by atoms with Crippen LogP contribution in [0.3, 0.4) is 0 Å². The smallest absolute Gasteiger partial charge is 0.262 e. The zero-order valence-corrected chi connectivity index (χ0v) is 15.9. The quantitative estimate of drug-likeness (QED) is 0.567. The molecule has 3 aromatic carbocycles. The van der Waals surface area contributed by atoms with E-state index in [2.05, 4.69) is 5.32 Å². The lowest BCUT2D eigenvalue weighted by Crippen LogP contribution is -2.20. The van der Waals surface area contributed by atoms with Crippen LogP contribution in [-0.2, 0) is 11.4 Å². The van der Waals surface area contributed by atoms with E-state index < -0.39 is 0 Å². The predicted molar refractivity (Wildman–Crippen MR) is 108 cm³/mol. The molecule has 0 aromatic heterocycles. The fourth-order valence-electron chi connectivity index (χ4n) is 2.54. The van der Waals surface area contributed by atoms with Gasteiger partial charge in [0.2, 0.25) is 0 Å². The number of ether oxygens (including phenoxy) is 2. The van der Waals surface area contributed by atoms with Crippen LogP contribution in [0.1, 0.15) is 22.8 Å². The van der Waals surface area contributed by atoms with Crippen molar-refractivity contribution in [1.29, 1.82) is 0 Å². The van der Waals surface area contributed by atoms with Gasteiger partial charge in [0.15, 0.2) is 12.4 Å². The molecule has 5 nitrogen and oxygen atoms in total. The molecule has 0 spiro atoms. The maximum Gasteiger partial charge on any atom is 0.262 e. The number of amides is 1. The number of hydrogen-bond acceptors (Lipinski definition) is 4. The number of nitrogens with one attached hydrogen (secondary N) is 1. The Morgan fingerprint density at radius 3 is 2.31 bits per heavy atom. The summed E-state index contributed by atoms with van der Waals surface area (Å²) >= 11 is 0. The normalized spacial score (nSPS) is 10.3. The topological polar surface area (TPSA) is 64.6 Å². The van der Waals surface area contributed by atoms with E-state index in [1.807, 2.05) is 0 Å². The van der Waals surface area contributed by atoms with Gasteiger partial charge in [-0.15, -0.1) is 0 Å². The number of hydrogen-bond donors (Lipinski definition) is 1. The standard InChI is InChI=1S/C23H20FNO4/c1-16(26)18-7-11-21(12-8-18)29-15-23(27)25-20-3-2-4-22(13-20)28-14-17-5-9-19(24)10-6-17/h2-13H,14-15H2,1H3,(H,25,27). The Bertz CT molecular complexity index is 985. The van der Waals surface area contributed by atoms with Crippen LogP contribution in [-0.4, -0.2) is 18.3 Å². The van der Waals surface area contributed by atoms with Gasteiger partial charge in [0.05, 0.1) is 0 Å². The van der Waals surface area contributed by atoms with E-state index in [1.165, 1.54) is 19.1 Å². The molecule has 0 unspecified atom stereocenters. The van der Waals surface area contributed by atoms with Gasteiger partial charge in [-0.1, -0.05) is 18.2 Å². The minimum absolute atomic E-state index is 0.0316. The van der Waals surface area contributed by atoms with E-state index >= 15 is 0 Å². The maximum atomic E-state index is 12.9. The van der Waals surface area contributed by atoms with Crippen LogP contribution in [0.4, 0.5) is 10.1 Å². The van der Waals surface area contributed by atoms with Gasteiger partial charge in [0, 0.05) is 17.3 Å². The van der Waals surface area contributed by atoms with E-state index in [9.17, 15) is 14.0 Å². The highest BCUT2D eigenvalue weighted by Crippen LogP contribution is 2.19. The van der Waals surface area contributed by atoms with Crippen molar-refractivity contribution in [1.82, 2.24) is 0 Å². The summed E-state index contributed by atoms with van der Waals surface area (Å²) in [4.78, 5) is 23.4. The van der Waals surface area contributed by atoms with E-state index in [1.54, 1.807) is 60.7 Å². The second-order valence-electron chi connectivity index (χ2n) is 6.36. The molecule has 0 aliphatic carbocycles. The molecule has 3 rings (SSSR count). The van der Waals surface area contributed by atoms with E-state index in [-0.39, 0.29) is 30.7 Å². The summed E-state index contributed by atoms with van der Waals surface area (Å²) in [7, 11) is 0. The average Bonchev–Trinajstić information content (AvgIpc) is 2.72. The molecule has 0 heterocycles. The molecule has 0 saturated heterocycles. The Kier molecular flexibility index (Phi) is 6.58. The first-order valence-corrected chi connectivity index (χ1v) is 9.00. The van der Waals surface area contributed by atoms with Crippen molar-refractivity contribution in [3.63, 3.8) is 0 Å². The van der Waals surface area contributed by atoms with Crippen molar-refractivity contribution >= 4 is 17.4 Å². The number of Topliss-reactive ketones (excluding diaryl/α,β-unsaturated/α-hetero) is 1. The molecule has 0 aliphatic rings. The fourth-order valence-corrected chi connectivity index (χ4v) is 2.54. The number of carbonyl (C=O) groups excluding carboxylic acids is 2. The van der Waals surface area contributed by atoms with Crippen LogP contribution in [0.2, 0.25) is 0 Å². The first kappa shape index (κ1) is 20.1. The van der Waals surface area contributed by atoms with Gasteiger partial charge in [-0.2, -0.15) is 0 Å². The van der Waals surface area contributed by atoms with Crippen molar-refractivity contribution in [2.45, 2.75) is 13.5 Å².